The van der Waals surface area contributed by atoms with Gasteiger partial charge in [-0.25, -0.2) is 4.98 Å². The Kier molecular flexibility index (Phi) is 12.4. The molecule has 0 atom stereocenters. The highest BCUT2D eigenvalue weighted by Gasteiger charge is 2.21. The van der Waals surface area contributed by atoms with E-state index in [9.17, 15) is 14.4 Å². The first-order chi connectivity index (χ1) is 26.8. The number of nitrogens with zero attached hydrogens (tertiary/aromatic N) is 3. The number of aromatic nitrogens is 2. The van der Waals surface area contributed by atoms with Crippen molar-refractivity contribution in [2.75, 3.05) is 51.7 Å². The summed E-state index contributed by atoms with van der Waals surface area (Å²) in [7, 11) is 4.54. The third-order valence-corrected chi connectivity index (χ3v) is 9.05. The van der Waals surface area contributed by atoms with E-state index < -0.39 is 11.8 Å². The number of methoxy groups -OCH3 is 3. The smallest absolute Gasteiger partial charge is 0.291 e. The molecule has 13 heteroatoms. The van der Waals surface area contributed by atoms with Crippen molar-refractivity contribution in [1.82, 2.24) is 14.5 Å². The quantitative estimate of drug-likeness (QED) is 0.104. The van der Waals surface area contributed by atoms with Crippen LogP contribution in [0.15, 0.2) is 113 Å². The SMILES string of the molecule is CCN(CCc1ccc(NC(=O)c2cc(OC)c(OC)cc2NC(=O)c2cc(=O)c3ccccc3o2)cc1)Cc1ccc(OC)c(OCCn2ccnc2)c1. The molecule has 0 radical (unpaired) electrons. The second-order valence-electron chi connectivity index (χ2n) is 12.6. The Morgan fingerprint density at radius 1 is 0.818 bits per heavy atom. The zero-order valence-electron chi connectivity index (χ0n) is 31.2. The zero-order valence-corrected chi connectivity index (χ0v) is 31.2. The van der Waals surface area contributed by atoms with Crippen LogP contribution in [0.3, 0.4) is 0 Å². The van der Waals surface area contributed by atoms with E-state index in [1.54, 1.807) is 43.9 Å². The third kappa shape index (κ3) is 9.50. The lowest BCUT2D eigenvalue weighted by molar-refractivity contribution is 0.0997. The van der Waals surface area contributed by atoms with Crippen LogP contribution in [0.4, 0.5) is 11.4 Å². The highest BCUT2D eigenvalue weighted by Crippen LogP contribution is 2.34. The van der Waals surface area contributed by atoms with Crippen LogP contribution < -0.4 is 35.0 Å². The van der Waals surface area contributed by atoms with E-state index in [-0.39, 0.29) is 28.0 Å². The van der Waals surface area contributed by atoms with Crippen molar-refractivity contribution < 1.29 is 33.0 Å². The summed E-state index contributed by atoms with van der Waals surface area (Å²) in [6.07, 6.45) is 6.20. The van der Waals surface area contributed by atoms with Crippen LogP contribution in [-0.4, -0.2) is 67.3 Å². The van der Waals surface area contributed by atoms with Crippen molar-refractivity contribution in [2.45, 2.75) is 26.4 Å². The molecule has 0 saturated heterocycles. The Bertz CT molecular complexity index is 2300. The molecule has 2 heterocycles. The number of likely N-dealkylation sites (N-methyl/N-ethyl adjacent to an activating group) is 1. The number of fused-ring (bicyclic) bond motifs is 1. The Hall–Kier alpha value is -6.60. The second kappa shape index (κ2) is 18.0. The fourth-order valence-corrected chi connectivity index (χ4v) is 6.03. The van der Waals surface area contributed by atoms with Gasteiger partial charge in [-0.1, -0.05) is 37.3 Å². The first kappa shape index (κ1) is 38.1. The average molecular weight is 746 g/mol. The van der Waals surface area contributed by atoms with Crippen molar-refractivity contribution in [3.05, 3.63) is 136 Å². The van der Waals surface area contributed by atoms with Gasteiger partial charge in [0, 0.05) is 43.3 Å². The van der Waals surface area contributed by atoms with Crippen molar-refractivity contribution >= 4 is 34.2 Å². The molecular formula is C42H43N5O8. The van der Waals surface area contributed by atoms with Crippen LogP contribution in [-0.2, 0) is 19.5 Å². The fraction of sp³-hybridized carbons (Fsp3) is 0.238. The molecule has 0 saturated carbocycles. The summed E-state index contributed by atoms with van der Waals surface area (Å²) >= 11 is 0. The Morgan fingerprint density at radius 2 is 1.56 bits per heavy atom. The number of carbonyl (C=O) groups excluding carboxylic acids is 2. The molecule has 0 aliphatic carbocycles. The zero-order chi connectivity index (χ0) is 38.7. The molecule has 0 fully saturated rings. The number of imidazole rings is 1. The van der Waals surface area contributed by atoms with Crippen molar-refractivity contribution in [3.8, 4) is 23.0 Å². The van der Waals surface area contributed by atoms with Crippen LogP contribution in [0, 0.1) is 0 Å². The minimum Gasteiger partial charge on any atom is -0.493 e. The summed E-state index contributed by atoms with van der Waals surface area (Å²) in [6, 6.07) is 24.4. The Morgan fingerprint density at radius 3 is 2.29 bits per heavy atom. The van der Waals surface area contributed by atoms with Gasteiger partial charge in [-0.3, -0.25) is 19.3 Å². The molecular weight excluding hydrogens is 702 g/mol. The first-order valence-electron chi connectivity index (χ1n) is 17.8. The molecule has 13 nitrogen and oxygen atoms in total. The van der Waals surface area contributed by atoms with Crippen molar-refractivity contribution in [2.24, 2.45) is 0 Å². The van der Waals surface area contributed by atoms with Gasteiger partial charge in [0.1, 0.15) is 12.2 Å². The highest BCUT2D eigenvalue weighted by molar-refractivity contribution is 6.12. The number of rotatable bonds is 17. The van der Waals surface area contributed by atoms with Gasteiger partial charge in [0.2, 0.25) is 0 Å². The van der Waals surface area contributed by atoms with E-state index in [0.29, 0.717) is 47.2 Å². The number of amides is 2. The molecule has 0 spiro atoms. The summed E-state index contributed by atoms with van der Waals surface area (Å²) in [5.74, 6) is 0.567. The number of nitrogens with one attached hydrogen (secondary N) is 2. The van der Waals surface area contributed by atoms with Crippen LogP contribution in [0.25, 0.3) is 11.0 Å². The number of para-hydroxylation sites is 1. The van der Waals surface area contributed by atoms with E-state index in [4.69, 9.17) is 23.4 Å². The summed E-state index contributed by atoms with van der Waals surface area (Å²) in [4.78, 5) is 46.1. The summed E-state index contributed by atoms with van der Waals surface area (Å²) in [5, 5.41) is 5.97. The maximum atomic E-state index is 13.7. The van der Waals surface area contributed by atoms with Crippen LogP contribution in [0.5, 0.6) is 23.0 Å². The van der Waals surface area contributed by atoms with Gasteiger partial charge in [0.15, 0.2) is 34.2 Å². The molecule has 0 bridgehead atoms. The number of hydrogen-bond donors (Lipinski definition) is 2. The first-order valence-corrected chi connectivity index (χ1v) is 17.8. The van der Waals surface area contributed by atoms with Gasteiger partial charge in [0.25, 0.3) is 11.8 Å². The Labute approximate surface area is 318 Å². The van der Waals surface area contributed by atoms with Crippen molar-refractivity contribution in [3.63, 3.8) is 0 Å². The standard InChI is InChI=1S/C42H43N5O8/c1-5-46(26-29-12-15-36(51-2)39(22-29)54-21-20-47-19-17-43-27-47)18-16-28-10-13-30(14-11-28)44-41(49)32-23-37(52-3)38(53-4)24-33(32)45-42(50)40-25-34(48)31-8-6-7-9-35(31)55-40/h6-15,17,19,22-25,27H,5,16,18,20-21,26H2,1-4H3,(H,44,49)(H,45,50). The maximum Gasteiger partial charge on any atom is 0.291 e. The number of ether oxygens (including phenoxy) is 4. The average Bonchev–Trinajstić information content (AvgIpc) is 3.73. The van der Waals surface area contributed by atoms with Crippen LogP contribution >= 0.6 is 0 Å². The molecule has 6 rings (SSSR count). The lowest BCUT2D eigenvalue weighted by Crippen LogP contribution is -2.25. The molecule has 4 aromatic carbocycles. The van der Waals surface area contributed by atoms with E-state index in [1.165, 1.54) is 26.4 Å². The molecule has 55 heavy (non-hydrogen) atoms. The monoisotopic (exact) mass is 745 g/mol. The third-order valence-electron chi connectivity index (χ3n) is 9.05. The number of hydrogen-bond acceptors (Lipinski definition) is 10. The summed E-state index contributed by atoms with van der Waals surface area (Å²) < 4.78 is 30.1. The molecule has 2 N–H and O–H groups in total. The van der Waals surface area contributed by atoms with Crippen LogP contribution in [0.2, 0.25) is 0 Å². The summed E-state index contributed by atoms with van der Waals surface area (Å²) in [6.45, 7) is 5.71. The van der Waals surface area contributed by atoms with Crippen molar-refractivity contribution in [1.29, 1.82) is 0 Å². The van der Waals surface area contributed by atoms with E-state index >= 15 is 0 Å². The van der Waals surface area contributed by atoms with Gasteiger partial charge in [0.05, 0.1) is 50.8 Å². The summed E-state index contributed by atoms with van der Waals surface area (Å²) in [5.41, 5.74) is 2.94. The predicted octanol–water partition coefficient (Wildman–Crippen LogP) is 6.66. The lowest BCUT2D eigenvalue weighted by Gasteiger charge is -2.21. The van der Waals surface area contributed by atoms with E-state index in [0.717, 1.165) is 43.2 Å². The second-order valence-corrected chi connectivity index (χ2v) is 12.6. The van der Waals surface area contributed by atoms with Crippen LogP contribution in [0.1, 0.15) is 39.0 Å². The molecule has 0 aliphatic heterocycles. The Balaban J connectivity index is 1.09. The van der Waals surface area contributed by atoms with Gasteiger partial charge in [-0.15, -0.1) is 0 Å². The fourth-order valence-electron chi connectivity index (χ4n) is 6.03. The molecule has 2 aromatic heterocycles. The molecule has 0 aliphatic rings. The predicted molar refractivity (Wildman–Crippen MR) is 210 cm³/mol. The lowest BCUT2D eigenvalue weighted by atomic mass is 10.1. The molecule has 2 amide bonds. The minimum absolute atomic E-state index is 0.113. The van der Waals surface area contributed by atoms with Gasteiger partial charge in [-0.2, -0.15) is 0 Å². The molecule has 0 unspecified atom stereocenters. The number of carbonyl (C=O) groups is 2. The normalized spacial score (nSPS) is 11.0. The van der Waals surface area contributed by atoms with Gasteiger partial charge < -0.3 is 38.6 Å². The van der Waals surface area contributed by atoms with Gasteiger partial charge >= 0.3 is 0 Å². The van der Waals surface area contributed by atoms with Gasteiger partial charge in [-0.05, 0) is 66.6 Å². The minimum atomic E-state index is -0.711. The number of anilines is 2. The largest absolute Gasteiger partial charge is 0.493 e. The molecule has 6 aromatic rings. The van der Waals surface area contributed by atoms with E-state index in [1.807, 2.05) is 47.2 Å². The highest BCUT2D eigenvalue weighted by atomic mass is 16.5. The number of benzene rings is 4. The topological polar surface area (TPSA) is 146 Å². The van der Waals surface area contributed by atoms with E-state index in [2.05, 4.69) is 33.5 Å². The molecule has 284 valence electrons. The maximum absolute atomic E-state index is 13.7.